The lowest BCUT2D eigenvalue weighted by Crippen LogP contribution is -2.63. The Morgan fingerprint density at radius 1 is 0.893 bits per heavy atom. The number of benzene rings is 1. The van der Waals surface area contributed by atoms with E-state index < -0.39 is 12.2 Å². The Bertz CT molecular complexity index is 770. The fourth-order valence-electron chi connectivity index (χ4n) is 8.10. The van der Waals surface area contributed by atoms with E-state index in [4.69, 9.17) is 0 Å². The monoisotopic (exact) mass is 380 g/mol. The summed E-state index contributed by atoms with van der Waals surface area (Å²) in [5.41, 5.74) is 3.12. The Morgan fingerprint density at radius 3 is 2.39 bits per heavy atom. The van der Waals surface area contributed by atoms with Gasteiger partial charge in [-0.25, -0.2) is 0 Å². The Labute approximate surface area is 170 Å². The van der Waals surface area contributed by atoms with Crippen LogP contribution in [-0.4, -0.2) is 22.4 Å². The molecule has 1 aromatic carbocycles. The molecule has 2 nitrogen and oxygen atoms in total. The first-order valence-electron chi connectivity index (χ1n) is 11.5. The zero-order valence-electron chi connectivity index (χ0n) is 17.6. The molecule has 3 fully saturated rings. The topological polar surface area (TPSA) is 40.5 Å². The van der Waals surface area contributed by atoms with E-state index in [9.17, 15) is 10.2 Å². The molecular formula is C26H36O2. The maximum Gasteiger partial charge on any atom is 0.0836 e. The maximum absolute atomic E-state index is 11.4. The molecule has 152 valence electrons. The first-order chi connectivity index (χ1) is 13.4. The summed E-state index contributed by atoms with van der Waals surface area (Å²) < 4.78 is 0. The van der Waals surface area contributed by atoms with Gasteiger partial charge in [-0.15, -0.1) is 0 Å². The van der Waals surface area contributed by atoms with Crippen LogP contribution in [0.15, 0.2) is 36.4 Å². The van der Waals surface area contributed by atoms with Gasteiger partial charge in [0.05, 0.1) is 12.2 Å². The van der Waals surface area contributed by atoms with Gasteiger partial charge in [0.15, 0.2) is 0 Å². The van der Waals surface area contributed by atoms with Crippen molar-refractivity contribution in [3.63, 3.8) is 0 Å². The van der Waals surface area contributed by atoms with Gasteiger partial charge < -0.3 is 10.2 Å². The predicted octanol–water partition coefficient (Wildman–Crippen LogP) is 5.30. The molecule has 3 saturated carbocycles. The van der Waals surface area contributed by atoms with Gasteiger partial charge in [-0.05, 0) is 83.7 Å². The third kappa shape index (κ3) is 2.46. The number of aliphatic hydroxyl groups excluding tert-OH is 2. The molecule has 9 atom stereocenters. The molecule has 0 aromatic heterocycles. The van der Waals surface area contributed by atoms with Crippen LogP contribution in [0.4, 0.5) is 0 Å². The number of hydrogen-bond acceptors (Lipinski definition) is 2. The van der Waals surface area contributed by atoms with Crippen LogP contribution < -0.4 is 0 Å². The van der Waals surface area contributed by atoms with E-state index >= 15 is 0 Å². The van der Waals surface area contributed by atoms with Crippen LogP contribution in [0.5, 0.6) is 0 Å². The Kier molecular flexibility index (Phi) is 4.34. The van der Waals surface area contributed by atoms with Crippen LogP contribution in [-0.2, 0) is 0 Å². The minimum absolute atomic E-state index is 0.119. The number of allylic oxidation sites excluding steroid dienone is 2. The second-order valence-corrected chi connectivity index (χ2v) is 10.9. The molecule has 1 aromatic rings. The largest absolute Gasteiger partial charge is 0.390 e. The predicted molar refractivity (Wildman–Crippen MR) is 113 cm³/mol. The summed E-state index contributed by atoms with van der Waals surface area (Å²) in [7, 11) is 0. The second kappa shape index (κ2) is 6.44. The number of rotatable bonds is 1. The molecule has 28 heavy (non-hydrogen) atoms. The number of hydrogen-bond donors (Lipinski definition) is 2. The van der Waals surface area contributed by atoms with Crippen LogP contribution in [0.2, 0.25) is 0 Å². The molecule has 0 radical (unpaired) electrons. The van der Waals surface area contributed by atoms with Crippen molar-refractivity contribution in [2.75, 3.05) is 0 Å². The summed E-state index contributed by atoms with van der Waals surface area (Å²) >= 11 is 0. The molecule has 2 N–H and O–H groups in total. The molecule has 5 rings (SSSR count). The van der Waals surface area contributed by atoms with Gasteiger partial charge in [0.2, 0.25) is 0 Å². The van der Waals surface area contributed by atoms with Crippen molar-refractivity contribution in [3.8, 4) is 0 Å². The first-order valence-corrected chi connectivity index (χ1v) is 11.5. The van der Waals surface area contributed by atoms with E-state index in [2.05, 4.69) is 57.2 Å². The SMILES string of the molecule is C[C@H]1CC[C@@]2(C)C(C1)[C@@H](O)[C@H](O)C1[C@@H]2CC[C@]2(C)C(c3ccccc3)=CC[C@@H]12. The van der Waals surface area contributed by atoms with Crippen LogP contribution in [0, 0.1) is 40.4 Å². The van der Waals surface area contributed by atoms with Crippen molar-refractivity contribution >= 4 is 5.57 Å². The van der Waals surface area contributed by atoms with Crippen molar-refractivity contribution in [3.05, 3.63) is 42.0 Å². The minimum atomic E-state index is -0.568. The number of aliphatic hydroxyl groups is 2. The normalized spacial score (nSPS) is 50.3. The molecule has 0 heterocycles. The van der Waals surface area contributed by atoms with Crippen molar-refractivity contribution in [2.24, 2.45) is 40.4 Å². The zero-order valence-corrected chi connectivity index (χ0v) is 17.6. The Balaban J connectivity index is 1.51. The van der Waals surface area contributed by atoms with E-state index in [-0.39, 0.29) is 22.7 Å². The van der Waals surface area contributed by atoms with Gasteiger partial charge in [0.25, 0.3) is 0 Å². The van der Waals surface area contributed by atoms with Crippen LogP contribution >= 0.6 is 0 Å². The quantitative estimate of drug-likeness (QED) is 0.694. The number of fused-ring (bicyclic) bond motifs is 5. The molecular weight excluding hydrogens is 344 g/mol. The minimum Gasteiger partial charge on any atom is -0.390 e. The molecule has 4 aliphatic carbocycles. The summed E-state index contributed by atoms with van der Waals surface area (Å²) in [4.78, 5) is 0. The van der Waals surface area contributed by atoms with Gasteiger partial charge in [0, 0.05) is 0 Å². The molecule has 2 heteroatoms. The third-order valence-corrected chi connectivity index (χ3v) is 9.68. The Hall–Kier alpha value is -1.12. The standard InChI is InChI=1S/C26H36O2/c1-16-11-13-26(3)20-12-14-25(2)18(17-7-5-4-6-8-17)9-10-19(25)22(20)24(28)23(27)21(26)15-16/h4-9,16,19-24,27-28H,10-15H2,1-3H3/t16-,19-,20-,21?,22?,23+,24+,25+,26+/m0/s1. The van der Waals surface area contributed by atoms with Crippen LogP contribution in [0.1, 0.15) is 64.9 Å². The van der Waals surface area contributed by atoms with Crippen molar-refractivity contribution in [2.45, 2.75) is 71.5 Å². The van der Waals surface area contributed by atoms with E-state index in [0.29, 0.717) is 17.8 Å². The van der Waals surface area contributed by atoms with Crippen molar-refractivity contribution in [1.29, 1.82) is 0 Å². The lowest BCUT2D eigenvalue weighted by Gasteiger charge is -2.63. The molecule has 0 spiro atoms. The van der Waals surface area contributed by atoms with E-state index in [1.54, 1.807) is 0 Å². The smallest absolute Gasteiger partial charge is 0.0836 e. The van der Waals surface area contributed by atoms with Gasteiger partial charge in [0.1, 0.15) is 0 Å². The first kappa shape index (κ1) is 18.9. The van der Waals surface area contributed by atoms with Gasteiger partial charge >= 0.3 is 0 Å². The summed E-state index contributed by atoms with van der Waals surface area (Å²) in [5, 5.41) is 22.6. The van der Waals surface area contributed by atoms with Gasteiger partial charge in [-0.3, -0.25) is 0 Å². The second-order valence-electron chi connectivity index (χ2n) is 10.9. The van der Waals surface area contributed by atoms with E-state index in [1.807, 2.05) is 0 Å². The highest BCUT2D eigenvalue weighted by Crippen LogP contribution is 2.67. The average Bonchev–Trinajstić information content (AvgIpc) is 3.05. The fourth-order valence-corrected chi connectivity index (χ4v) is 8.10. The van der Waals surface area contributed by atoms with Crippen molar-refractivity contribution in [1.82, 2.24) is 0 Å². The van der Waals surface area contributed by atoms with Gasteiger partial charge in [-0.1, -0.05) is 63.6 Å². The maximum atomic E-state index is 11.4. The summed E-state index contributed by atoms with van der Waals surface area (Å²) in [5.74, 6) is 2.15. The molecule has 0 saturated heterocycles. The van der Waals surface area contributed by atoms with Crippen molar-refractivity contribution < 1.29 is 10.2 Å². The summed E-state index contributed by atoms with van der Waals surface area (Å²) in [6.45, 7) is 7.19. The van der Waals surface area contributed by atoms with E-state index in [1.165, 1.54) is 36.8 Å². The third-order valence-electron chi connectivity index (χ3n) is 9.68. The molecule has 0 amide bonds. The molecule has 4 aliphatic rings. The highest BCUT2D eigenvalue weighted by atomic mass is 16.3. The van der Waals surface area contributed by atoms with E-state index in [0.717, 1.165) is 12.8 Å². The lowest BCUT2D eigenvalue weighted by atomic mass is 9.43. The Morgan fingerprint density at radius 2 is 1.64 bits per heavy atom. The molecule has 2 unspecified atom stereocenters. The average molecular weight is 381 g/mol. The van der Waals surface area contributed by atoms with Crippen LogP contribution in [0.25, 0.3) is 5.57 Å². The van der Waals surface area contributed by atoms with Gasteiger partial charge in [-0.2, -0.15) is 0 Å². The molecule has 0 aliphatic heterocycles. The lowest BCUT2D eigenvalue weighted by molar-refractivity contribution is -0.212. The summed E-state index contributed by atoms with van der Waals surface area (Å²) in [6.07, 6.45) is 8.32. The zero-order chi connectivity index (χ0) is 19.7. The highest BCUT2D eigenvalue weighted by Gasteiger charge is 2.63. The molecule has 0 bridgehead atoms. The summed E-state index contributed by atoms with van der Waals surface area (Å²) in [6, 6.07) is 10.8. The highest BCUT2D eigenvalue weighted by molar-refractivity contribution is 5.72. The van der Waals surface area contributed by atoms with Crippen LogP contribution in [0.3, 0.4) is 0 Å². The fraction of sp³-hybridized carbons (Fsp3) is 0.692.